The maximum Gasteiger partial charge on any atom is 0.119 e. The molecule has 2 unspecified atom stereocenters. The van der Waals surface area contributed by atoms with Crippen LogP contribution in [0.3, 0.4) is 0 Å². The van der Waals surface area contributed by atoms with Crippen molar-refractivity contribution in [3.05, 3.63) is 23.8 Å². The van der Waals surface area contributed by atoms with Gasteiger partial charge in [-0.2, -0.15) is 0 Å². The van der Waals surface area contributed by atoms with Crippen LogP contribution in [-0.4, -0.2) is 19.4 Å². The van der Waals surface area contributed by atoms with Crippen LogP contribution in [0.2, 0.25) is 0 Å². The first-order valence-electron chi connectivity index (χ1n) is 5.82. The van der Waals surface area contributed by atoms with Crippen molar-refractivity contribution in [1.82, 2.24) is 5.32 Å². The molecule has 0 aromatic heterocycles. The van der Waals surface area contributed by atoms with Crippen LogP contribution in [0.25, 0.3) is 0 Å². The summed E-state index contributed by atoms with van der Waals surface area (Å²) in [7, 11) is 3.77. The van der Waals surface area contributed by atoms with E-state index in [1.165, 1.54) is 23.3 Å². The fourth-order valence-electron chi connectivity index (χ4n) is 2.28. The molecule has 2 rings (SSSR count). The number of fused-ring (bicyclic) bond motifs is 1. The lowest BCUT2D eigenvalue weighted by Gasteiger charge is -2.17. The first-order valence-corrected chi connectivity index (χ1v) is 6.70. The zero-order chi connectivity index (χ0) is 11.5. The van der Waals surface area contributed by atoms with Gasteiger partial charge in [0.25, 0.3) is 0 Å². The summed E-state index contributed by atoms with van der Waals surface area (Å²) >= 11 is 1.98. The van der Waals surface area contributed by atoms with E-state index in [0.717, 1.165) is 5.75 Å². The SMILES string of the molecule is CCCC1Sc2cc(OC)ccc2C1NC. The van der Waals surface area contributed by atoms with Crippen molar-refractivity contribution in [2.75, 3.05) is 14.2 Å². The molecule has 2 atom stereocenters. The smallest absolute Gasteiger partial charge is 0.119 e. The summed E-state index contributed by atoms with van der Waals surface area (Å²) in [6.45, 7) is 2.25. The fraction of sp³-hybridized carbons (Fsp3) is 0.538. The second-order valence-electron chi connectivity index (χ2n) is 4.12. The number of methoxy groups -OCH3 is 1. The molecule has 0 bridgehead atoms. The van der Waals surface area contributed by atoms with Gasteiger partial charge in [0.05, 0.1) is 7.11 Å². The molecule has 3 heteroatoms. The number of benzene rings is 1. The van der Waals surface area contributed by atoms with Gasteiger partial charge in [-0.15, -0.1) is 11.8 Å². The highest BCUT2D eigenvalue weighted by molar-refractivity contribution is 8.00. The van der Waals surface area contributed by atoms with E-state index in [1.54, 1.807) is 7.11 Å². The Kier molecular flexibility index (Phi) is 3.77. The summed E-state index contributed by atoms with van der Waals surface area (Å²) in [5.41, 5.74) is 1.42. The van der Waals surface area contributed by atoms with Gasteiger partial charge in [-0.25, -0.2) is 0 Å². The van der Waals surface area contributed by atoms with Crippen molar-refractivity contribution in [3.8, 4) is 5.75 Å². The van der Waals surface area contributed by atoms with E-state index in [4.69, 9.17) is 4.74 Å². The molecule has 1 N–H and O–H groups in total. The summed E-state index contributed by atoms with van der Waals surface area (Å²) in [4.78, 5) is 1.37. The van der Waals surface area contributed by atoms with Crippen LogP contribution in [-0.2, 0) is 0 Å². The average molecular weight is 237 g/mol. The standard InChI is InChI=1S/C13H19NOS/c1-4-5-11-13(14-2)10-7-6-9(15-3)8-12(10)16-11/h6-8,11,13-14H,4-5H2,1-3H3. The molecule has 0 fully saturated rings. The minimum Gasteiger partial charge on any atom is -0.497 e. The molecule has 88 valence electrons. The quantitative estimate of drug-likeness (QED) is 0.868. The highest BCUT2D eigenvalue weighted by Crippen LogP contribution is 2.46. The number of rotatable bonds is 4. The monoisotopic (exact) mass is 237 g/mol. The Morgan fingerprint density at radius 1 is 1.44 bits per heavy atom. The van der Waals surface area contributed by atoms with Crippen LogP contribution in [0.1, 0.15) is 31.4 Å². The van der Waals surface area contributed by atoms with Gasteiger partial charge in [-0.3, -0.25) is 0 Å². The first-order chi connectivity index (χ1) is 7.80. The van der Waals surface area contributed by atoms with Crippen molar-refractivity contribution in [1.29, 1.82) is 0 Å². The van der Waals surface area contributed by atoms with Crippen molar-refractivity contribution < 1.29 is 4.74 Å². The molecule has 1 aromatic rings. The van der Waals surface area contributed by atoms with Gasteiger partial charge in [0, 0.05) is 16.2 Å². The van der Waals surface area contributed by atoms with Crippen LogP contribution in [0.4, 0.5) is 0 Å². The highest BCUT2D eigenvalue weighted by atomic mass is 32.2. The normalized spacial score (nSPS) is 23.2. The minimum atomic E-state index is 0.492. The molecule has 16 heavy (non-hydrogen) atoms. The largest absolute Gasteiger partial charge is 0.497 e. The van der Waals surface area contributed by atoms with E-state index in [1.807, 2.05) is 18.8 Å². The number of nitrogens with one attached hydrogen (secondary N) is 1. The van der Waals surface area contributed by atoms with E-state index in [9.17, 15) is 0 Å². The summed E-state index contributed by atoms with van der Waals surface area (Å²) < 4.78 is 5.27. The van der Waals surface area contributed by atoms with Gasteiger partial charge in [-0.1, -0.05) is 19.4 Å². The molecule has 1 heterocycles. The third kappa shape index (κ3) is 2.06. The predicted molar refractivity (Wildman–Crippen MR) is 69.3 cm³/mol. The van der Waals surface area contributed by atoms with Crippen molar-refractivity contribution in [2.45, 2.75) is 36.0 Å². The molecule has 0 spiro atoms. The van der Waals surface area contributed by atoms with Crippen molar-refractivity contribution in [3.63, 3.8) is 0 Å². The maximum absolute atomic E-state index is 5.27. The molecule has 0 radical (unpaired) electrons. The van der Waals surface area contributed by atoms with E-state index in [-0.39, 0.29) is 0 Å². The van der Waals surface area contributed by atoms with Gasteiger partial charge >= 0.3 is 0 Å². The minimum absolute atomic E-state index is 0.492. The van der Waals surface area contributed by atoms with Crippen LogP contribution < -0.4 is 10.1 Å². The van der Waals surface area contributed by atoms with Gasteiger partial charge in [0.2, 0.25) is 0 Å². The zero-order valence-corrected chi connectivity index (χ0v) is 10.9. The van der Waals surface area contributed by atoms with Crippen LogP contribution in [0.15, 0.2) is 23.1 Å². The van der Waals surface area contributed by atoms with E-state index in [2.05, 4.69) is 30.4 Å². The topological polar surface area (TPSA) is 21.3 Å². The zero-order valence-electron chi connectivity index (χ0n) is 10.1. The Balaban J connectivity index is 2.27. The van der Waals surface area contributed by atoms with E-state index < -0.39 is 0 Å². The molecule has 2 nitrogen and oxygen atoms in total. The van der Waals surface area contributed by atoms with Crippen molar-refractivity contribution in [2.24, 2.45) is 0 Å². The van der Waals surface area contributed by atoms with Crippen LogP contribution >= 0.6 is 11.8 Å². The Bertz CT molecular complexity index is 367. The summed E-state index contributed by atoms with van der Waals surface area (Å²) in [5.74, 6) is 0.957. The number of thioether (sulfide) groups is 1. The second kappa shape index (κ2) is 5.11. The molecule has 0 saturated heterocycles. The van der Waals surface area contributed by atoms with E-state index in [0.29, 0.717) is 11.3 Å². The van der Waals surface area contributed by atoms with Gasteiger partial charge < -0.3 is 10.1 Å². The predicted octanol–water partition coefficient (Wildman–Crippen LogP) is 3.23. The molecular weight excluding hydrogens is 218 g/mol. The Labute approximate surface area is 102 Å². The molecule has 0 saturated carbocycles. The third-order valence-corrected chi connectivity index (χ3v) is 4.51. The lowest BCUT2D eigenvalue weighted by atomic mass is 10.0. The maximum atomic E-state index is 5.27. The summed E-state index contributed by atoms with van der Waals surface area (Å²) in [6.07, 6.45) is 2.49. The highest BCUT2D eigenvalue weighted by Gasteiger charge is 2.31. The number of hydrogen-bond acceptors (Lipinski definition) is 3. The summed E-state index contributed by atoms with van der Waals surface area (Å²) in [5, 5.41) is 4.09. The molecule has 1 aromatic carbocycles. The average Bonchev–Trinajstić information content (AvgIpc) is 2.65. The Hall–Kier alpha value is -0.670. The number of ether oxygens (including phenoxy) is 1. The van der Waals surface area contributed by atoms with Crippen LogP contribution in [0.5, 0.6) is 5.75 Å². The molecule has 0 amide bonds. The Morgan fingerprint density at radius 3 is 2.88 bits per heavy atom. The van der Waals surface area contributed by atoms with Gasteiger partial charge in [-0.05, 0) is 31.2 Å². The fourth-order valence-corrected chi connectivity index (χ4v) is 3.90. The third-order valence-electron chi connectivity index (χ3n) is 3.09. The van der Waals surface area contributed by atoms with Crippen molar-refractivity contribution >= 4 is 11.8 Å². The second-order valence-corrected chi connectivity index (χ2v) is 5.40. The van der Waals surface area contributed by atoms with Gasteiger partial charge in [0.1, 0.15) is 5.75 Å². The molecule has 1 aliphatic heterocycles. The molecular formula is C13H19NOS. The van der Waals surface area contributed by atoms with Crippen LogP contribution in [0, 0.1) is 0 Å². The molecule has 0 aliphatic carbocycles. The lowest BCUT2D eigenvalue weighted by molar-refractivity contribution is 0.413. The summed E-state index contributed by atoms with van der Waals surface area (Å²) in [6, 6.07) is 6.89. The first kappa shape index (κ1) is 11.8. The molecule has 1 aliphatic rings. The Morgan fingerprint density at radius 2 is 2.25 bits per heavy atom. The number of hydrogen-bond donors (Lipinski definition) is 1. The van der Waals surface area contributed by atoms with E-state index >= 15 is 0 Å². The van der Waals surface area contributed by atoms with Gasteiger partial charge in [0.15, 0.2) is 0 Å². The lowest BCUT2D eigenvalue weighted by Crippen LogP contribution is -2.23.